The Labute approximate surface area is 132 Å². The normalized spacial score (nSPS) is 13.7. The number of anilines is 2. The number of nitrogens with one attached hydrogen (secondary N) is 3. The Hall–Kier alpha value is -2.89. The fourth-order valence-corrected chi connectivity index (χ4v) is 2.67. The first kappa shape index (κ1) is 15.0. The number of hydrogen-bond donors (Lipinski definition) is 3. The third kappa shape index (κ3) is 3.48. The van der Waals surface area contributed by atoms with Gasteiger partial charge in [-0.05, 0) is 49.6 Å². The van der Waals surface area contributed by atoms with E-state index in [4.69, 9.17) is 0 Å². The van der Waals surface area contributed by atoms with Gasteiger partial charge in [0.1, 0.15) is 0 Å². The van der Waals surface area contributed by atoms with Gasteiger partial charge in [-0.3, -0.25) is 14.4 Å². The van der Waals surface area contributed by atoms with Crippen LogP contribution in [0, 0.1) is 6.92 Å². The van der Waals surface area contributed by atoms with Gasteiger partial charge in [0.05, 0.1) is 0 Å². The number of carbonyl (C=O) groups excluding carboxylic acids is 2. The highest BCUT2D eigenvalue weighted by atomic mass is 16.2. The number of hydrogen-bond acceptors (Lipinski definition) is 3. The largest absolute Gasteiger partial charge is 0.326 e. The van der Waals surface area contributed by atoms with Crippen LogP contribution < -0.4 is 16.2 Å². The summed E-state index contributed by atoms with van der Waals surface area (Å²) < 4.78 is 0. The van der Waals surface area contributed by atoms with Crippen LogP contribution in [-0.2, 0) is 11.2 Å². The number of aromatic amines is 1. The van der Waals surface area contributed by atoms with E-state index < -0.39 is 0 Å². The number of rotatable bonds is 2. The molecule has 0 saturated heterocycles. The van der Waals surface area contributed by atoms with E-state index in [1.807, 2.05) is 6.07 Å². The van der Waals surface area contributed by atoms with Crippen LogP contribution in [0.1, 0.15) is 34.5 Å². The Bertz CT molecular complexity index is 839. The molecule has 0 fully saturated rings. The average molecular weight is 311 g/mol. The molecule has 23 heavy (non-hydrogen) atoms. The van der Waals surface area contributed by atoms with E-state index in [1.54, 1.807) is 25.1 Å². The summed E-state index contributed by atoms with van der Waals surface area (Å²) in [6.45, 7) is 1.73. The lowest BCUT2D eigenvalue weighted by Gasteiger charge is -2.10. The summed E-state index contributed by atoms with van der Waals surface area (Å²) in [5, 5.41) is 5.64. The van der Waals surface area contributed by atoms with Gasteiger partial charge in [0.2, 0.25) is 11.5 Å². The Morgan fingerprint density at radius 1 is 1.13 bits per heavy atom. The summed E-state index contributed by atoms with van der Waals surface area (Å²) in [6, 6.07) is 8.28. The first-order valence-corrected chi connectivity index (χ1v) is 7.46. The summed E-state index contributed by atoms with van der Waals surface area (Å²) in [7, 11) is 0. The first-order chi connectivity index (χ1) is 11.0. The Morgan fingerprint density at radius 2 is 1.96 bits per heavy atom. The molecule has 6 nitrogen and oxygen atoms in total. The van der Waals surface area contributed by atoms with E-state index in [1.165, 1.54) is 6.07 Å². The van der Waals surface area contributed by atoms with Crippen molar-refractivity contribution in [3.63, 3.8) is 0 Å². The third-order valence-corrected chi connectivity index (χ3v) is 3.73. The van der Waals surface area contributed by atoms with Crippen LogP contribution in [-0.4, -0.2) is 16.8 Å². The van der Waals surface area contributed by atoms with Crippen molar-refractivity contribution in [1.82, 2.24) is 4.98 Å². The first-order valence-electron chi connectivity index (χ1n) is 7.46. The van der Waals surface area contributed by atoms with Gasteiger partial charge >= 0.3 is 0 Å². The van der Waals surface area contributed by atoms with E-state index in [0.717, 1.165) is 24.1 Å². The lowest BCUT2D eigenvalue weighted by molar-refractivity contribution is -0.116. The molecule has 1 aromatic heterocycles. The number of H-pyrrole nitrogens is 1. The standard InChI is InChI=1S/C17H17N3O3/c1-10-7-12(9-16(22)18-10)17(23)19-13-5-6-14-11(8-13)3-2-4-15(21)20-14/h5-9H,2-4H2,1H3,(H,18,22)(H,19,23)(H,20,21). The van der Waals surface area contributed by atoms with E-state index in [9.17, 15) is 14.4 Å². The molecule has 3 rings (SSSR count). The summed E-state index contributed by atoms with van der Waals surface area (Å²) >= 11 is 0. The predicted octanol–water partition coefficient (Wildman–Crippen LogP) is 2.21. The van der Waals surface area contributed by atoms with Gasteiger partial charge in [0.15, 0.2) is 0 Å². The topological polar surface area (TPSA) is 91.1 Å². The van der Waals surface area contributed by atoms with Gasteiger partial charge in [0, 0.05) is 35.1 Å². The van der Waals surface area contributed by atoms with Crippen molar-refractivity contribution in [1.29, 1.82) is 0 Å². The monoisotopic (exact) mass is 311 g/mol. The van der Waals surface area contributed by atoms with Crippen molar-refractivity contribution in [3.8, 4) is 0 Å². The molecule has 0 aliphatic carbocycles. The van der Waals surface area contributed by atoms with Crippen molar-refractivity contribution in [2.45, 2.75) is 26.2 Å². The van der Waals surface area contributed by atoms with E-state index >= 15 is 0 Å². The summed E-state index contributed by atoms with van der Waals surface area (Å²) in [5.41, 5.74) is 3.07. The van der Waals surface area contributed by atoms with Crippen molar-refractivity contribution >= 4 is 23.2 Å². The SMILES string of the molecule is Cc1cc(C(=O)Nc2ccc3c(c2)CCCC(=O)N3)cc(=O)[nH]1. The number of benzene rings is 1. The third-order valence-electron chi connectivity index (χ3n) is 3.73. The molecule has 1 aliphatic rings. The highest BCUT2D eigenvalue weighted by molar-refractivity contribution is 6.04. The van der Waals surface area contributed by atoms with Crippen LogP contribution in [0.5, 0.6) is 0 Å². The smallest absolute Gasteiger partial charge is 0.255 e. The van der Waals surface area contributed by atoms with Crippen LogP contribution in [0.4, 0.5) is 11.4 Å². The quantitative estimate of drug-likeness (QED) is 0.794. The molecular formula is C17H17N3O3. The molecule has 2 amide bonds. The van der Waals surface area contributed by atoms with Crippen LogP contribution >= 0.6 is 0 Å². The average Bonchev–Trinajstić information content (AvgIpc) is 2.66. The van der Waals surface area contributed by atoms with E-state index in [-0.39, 0.29) is 17.4 Å². The highest BCUT2D eigenvalue weighted by Crippen LogP contribution is 2.25. The lowest BCUT2D eigenvalue weighted by Crippen LogP contribution is -2.17. The number of pyridine rings is 1. The molecule has 3 N–H and O–H groups in total. The van der Waals surface area contributed by atoms with Gasteiger partial charge in [0.25, 0.3) is 5.91 Å². The van der Waals surface area contributed by atoms with Crippen molar-refractivity contribution in [3.05, 3.63) is 57.5 Å². The lowest BCUT2D eigenvalue weighted by atomic mass is 10.1. The van der Waals surface area contributed by atoms with Crippen molar-refractivity contribution in [2.24, 2.45) is 0 Å². The Kier molecular flexibility index (Phi) is 3.97. The number of fused-ring (bicyclic) bond motifs is 1. The second-order valence-electron chi connectivity index (χ2n) is 5.64. The van der Waals surface area contributed by atoms with Crippen LogP contribution in [0.15, 0.2) is 35.1 Å². The second kappa shape index (κ2) is 6.08. The Morgan fingerprint density at radius 3 is 2.74 bits per heavy atom. The van der Waals surface area contributed by atoms with E-state index in [0.29, 0.717) is 23.4 Å². The van der Waals surface area contributed by atoms with E-state index in [2.05, 4.69) is 15.6 Å². The maximum absolute atomic E-state index is 12.3. The van der Waals surface area contributed by atoms with Crippen LogP contribution in [0.3, 0.4) is 0 Å². The zero-order valence-corrected chi connectivity index (χ0v) is 12.7. The fraction of sp³-hybridized carbons (Fsp3) is 0.235. The summed E-state index contributed by atoms with van der Waals surface area (Å²) in [4.78, 5) is 37.9. The van der Waals surface area contributed by atoms with Gasteiger partial charge in [-0.2, -0.15) is 0 Å². The summed E-state index contributed by atoms with van der Waals surface area (Å²) in [5.74, 6) is -0.323. The minimum Gasteiger partial charge on any atom is -0.326 e. The molecule has 1 aliphatic heterocycles. The minimum absolute atomic E-state index is 0.0134. The van der Waals surface area contributed by atoms with Crippen molar-refractivity contribution < 1.29 is 9.59 Å². The van der Waals surface area contributed by atoms with Gasteiger partial charge in [-0.15, -0.1) is 0 Å². The number of aryl methyl sites for hydroxylation is 2. The molecule has 0 unspecified atom stereocenters. The molecule has 6 heteroatoms. The van der Waals surface area contributed by atoms with Crippen molar-refractivity contribution in [2.75, 3.05) is 10.6 Å². The van der Waals surface area contributed by atoms with Crippen LogP contribution in [0.2, 0.25) is 0 Å². The zero-order valence-electron chi connectivity index (χ0n) is 12.7. The molecule has 2 aromatic rings. The minimum atomic E-state index is -0.336. The zero-order chi connectivity index (χ0) is 16.4. The molecule has 1 aromatic carbocycles. The number of amides is 2. The number of carbonyl (C=O) groups is 2. The number of aromatic nitrogens is 1. The maximum atomic E-state index is 12.3. The molecule has 2 heterocycles. The van der Waals surface area contributed by atoms with Gasteiger partial charge < -0.3 is 15.6 Å². The van der Waals surface area contributed by atoms with Gasteiger partial charge in [-0.1, -0.05) is 0 Å². The fourth-order valence-electron chi connectivity index (χ4n) is 2.67. The predicted molar refractivity (Wildman–Crippen MR) is 87.8 cm³/mol. The van der Waals surface area contributed by atoms with Gasteiger partial charge in [-0.25, -0.2) is 0 Å². The molecule has 118 valence electrons. The Balaban J connectivity index is 1.83. The summed E-state index contributed by atoms with van der Waals surface area (Å²) in [6.07, 6.45) is 2.06. The second-order valence-corrected chi connectivity index (χ2v) is 5.64. The molecule has 0 bridgehead atoms. The molecule has 0 spiro atoms. The van der Waals surface area contributed by atoms with Crippen LogP contribution in [0.25, 0.3) is 0 Å². The molecule has 0 saturated carbocycles. The highest BCUT2D eigenvalue weighted by Gasteiger charge is 2.14. The maximum Gasteiger partial charge on any atom is 0.255 e. The molecule has 0 radical (unpaired) electrons. The molecule has 0 atom stereocenters. The molecular weight excluding hydrogens is 294 g/mol.